The average molecular weight is 296 g/mol. The zero-order valence-electron chi connectivity index (χ0n) is 11.1. The van der Waals surface area contributed by atoms with Crippen LogP contribution in [0.3, 0.4) is 0 Å². The second-order valence-corrected chi connectivity index (χ2v) is 6.43. The van der Waals surface area contributed by atoms with E-state index in [2.05, 4.69) is 12.2 Å². The van der Waals surface area contributed by atoms with E-state index in [0.29, 0.717) is 22.4 Å². The van der Waals surface area contributed by atoms with Crippen molar-refractivity contribution in [3.05, 3.63) is 22.2 Å². The van der Waals surface area contributed by atoms with E-state index < -0.39 is 0 Å². The number of anilines is 1. The summed E-state index contributed by atoms with van der Waals surface area (Å²) in [4.78, 5) is 10.8. The van der Waals surface area contributed by atoms with Crippen molar-refractivity contribution in [2.75, 3.05) is 17.9 Å². The first kappa shape index (κ1) is 13.4. The summed E-state index contributed by atoms with van der Waals surface area (Å²) >= 11 is 1.90. The Labute approximate surface area is 121 Å². The summed E-state index contributed by atoms with van der Waals surface area (Å²) in [6.07, 6.45) is 2.16. The van der Waals surface area contributed by atoms with Crippen molar-refractivity contribution < 1.29 is 14.4 Å². The molecule has 0 spiro atoms. The van der Waals surface area contributed by atoms with Crippen LogP contribution in [0.15, 0.2) is 12.1 Å². The van der Waals surface area contributed by atoms with Gasteiger partial charge in [-0.3, -0.25) is 10.1 Å². The Kier molecular flexibility index (Phi) is 3.60. The highest BCUT2D eigenvalue weighted by molar-refractivity contribution is 8.00. The summed E-state index contributed by atoms with van der Waals surface area (Å²) in [5, 5.41) is 15.0. The van der Waals surface area contributed by atoms with Gasteiger partial charge in [-0.05, 0) is 18.6 Å². The third-order valence-corrected chi connectivity index (χ3v) is 5.01. The average Bonchev–Trinajstić information content (AvgIpc) is 2.87. The van der Waals surface area contributed by atoms with Crippen LogP contribution in [-0.2, 0) is 0 Å². The van der Waals surface area contributed by atoms with Crippen LogP contribution in [0.4, 0.5) is 11.4 Å². The molecule has 0 amide bonds. The number of hydrogen-bond donors (Lipinski definition) is 1. The van der Waals surface area contributed by atoms with Crippen LogP contribution >= 0.6 is 11.8 Å². The zero-order valence-corrected chi connectivity index (χ0v) is 11.9. The van der Waals surface area contributed by atoms with Gasteiger partial charge in [0.05, 0.1) is 11.0 Å². The molecular weight excluding hydrogens is 280 g/mol. The lowest BCUT2D eigenvalue weighted by molar-refractivity contribution is -0.384. The second-order valence-electron chi connectivity index (χ2n) is 4.95. The Hall–Kier alpha value is -1.63. The molecule has 0 bridgehead atoms. The molecular formula is C13H16N2O4S. The first-order valence-corrected chi connectivity index (χ1v) is 7.66. The molecule has 1 saturated heterocycles. The molecule has 0 aromatic heterocycles. The molecule has 0 radical (unpaired) electrons. The van der Waals surface area contributed by atoms with Gasteiger partial charge in [0.1, 0.15) is 5.69 Å². The Morgan fingerprint density at radius 3 is 2.85 bits per heavy atom. The fourth-order valence-corrected chi connectivity index (χ4v) is 3.65. The summed E-state index contributed by atoms with van der Waals surface area (Å²) in [5.41, 5.74) is 0.552. The van der Waals surface area contributed by atoms with Crippen molar-refractivity contribution in [3.8, 4) is 11.5 Å². The van der Waals surface area contributed by atoms with Gasteiger partial charge in [-0.25, -0.2) is 0 Å². The lowest BCUT2D eigenvalue weighted by Crippen LogP contribution is -2.32. The fourth-order valence-electron chi connectivity index (χ4n) is 2.51. The summed E-state index contributed by atoms with van der Waals surface area (Å²) in [6.45, 7) is 2.27. The predicted molar refractivity (Wildman–Crippen MR) is 77.8 cm³/mol. The quantitative estimate of drug-likeness (QED) is 0.682. The van der Waals surface area contributed by atoms with Crippen LogP contribution in [0, 0.1) is 10.1 Å². The molecule has 1 aromatic carbocycles. The van der Waals surface area contributed by atoms with Gasteiger partial charge in [-0.1, -0.05) is 6.92 Å². The van der Waals surface area contributed by atoms with E-state index in [1.54, 1.807) is 6.07 Å². The molecule has 2 aliphatic heterocycles. The van der Waals surface area contributed by atoms with Crippen molar-refractivity contribution in [1.82, 2.24) is 0 Å². The van der Waals surface area contributed by atoms with Crippen LogP contribution < -0.4 is 14.8 Å². The second kappa shape index (κ2) is 5.40. The number of nitro benzene ring substituents is 1. The van der Waals surface area contributed by atoms with Crippen molar-refractivity contribution in [3.63, 3.8) is 0 Å². The lowest BCUT2D eigenvalue weighted by atomic mass is 10.1. The summed E-state index contributed by atoms with van der Waals surface area (Å²) < 4.78 is 10.5. The van der Waals surface area contributed by atoms with E-state index >= 15 is 0 Å². The predicted octanol–water partition coefficient (Wildman–Crippen LogP) is 3.02. The van der Waals surface area contributed by atoms with Crippen LogP contribution in [0.1, 0.15) is 19.8 Å². The normalized spacial score (nSPS) is 24.4. The minimum Gasteiger partial charge on any atom is -0.454 e. The third kappa shape index (κ3) is 2.49. The van der Waals surface area contributed by atoms with Crippen LogP contribution in [0.5, 0.6) is 11.5 Å². The van der Waals surface area contributed by atoms with E-state index in [4.69, 9.17) is 9.47 Å². The first-order chi connectivity index (χ1) is 9.65. The molecule has 1 fully saturated rings. The van der Waals surface area contributed by atoms with Crippen molar-refractivity contribution in [2.24, 2.45) is 0 Å². The van der Waals surface area contributed by atoms with Gasteiger partial charge in [-0.15, -0.1) is 0 Å². The highest BCUT2D eigenvalue weighted by Gasteiger charge is 2.27. The van der Waals surface area contributed by atoms with Crippen LogP contribution in [0.25, 0.3) is 0 Å². The maximum atomic E-state index is 11.2. The Bertz CT molecular complexity index is 537. The molecule has 20 heavy (non-hydrogen) atoms. The third-order valence-electron chi connectivity index (χ3n) is 3.64. The number of hydrogen-bond acceptors (Lipinski definition) is 6. The van der Waals surface area contributed by atoms with Crippen LogP contribution in [0.2, 0.25) is 0 Å². The van der Waals surface area contributed by atoms with Gasteiger partial charge in [0, 0.05) is 17.4 Å². The van der Waals surface area contributed by atoms with E-state index in [-0.39, 0.29) is 23.4 Å². The summed E-state index contributed by atoms with van der Waals surface area (Å²) in [5.74, 6) is 2.16. The van der Waals surface area contributed by atoms with Gasteiger partial charge < -0.3 is 14.8 Å². The molecule has 1 N–H and O–H groups in total. The number of nitrogens with zero attached hydrogens (tertiary/aromatic N) is 1. The number of fused-ring (bicyclic) bond motifs is 1. The van der Waals surface area contributed by atoms with Crippen LogP contribution in [-0.4, -0.2) is 28.8 Å². The van der Waals surface area contributed by atoms with Gasteiger partial charge in [0.2, 0.25) is 6.79 Å². The van der Waals surface area contributed by atoms with Gasteiger partial charge in [0.15, 0.2) is 11.5 Å². The number of thioether (sulfide) groups is 1. The van der Waals surface area contributed by atoms with E-state index in [1.807, 2.05) is 11.8 Å². The minimum atomic E-state index is -0.384. The molecule has 2 atom stereocenters. The highest BCUT2D eigenvalue weighted by Crippen LogP contribution is 2.41. The van der Waals surface area contributed by atoms with Gasteiger partial charge in [-0.2, -0.15) is 11.8 Å². The van der Waals surface area contributed by atoms with E-state index in [0.717, 1.165) is 18.6 Å². The standard InChI is InChI=1S/C13H16N2O4S/c1-8-9(3-2-4-20-8)14-10-5-12-13(19-7-18-12)6-11(10)15(16)17/h5-6,8-9,14H,2-4,7H2,1H3. The fraction of sp³-hybridized carbons (Fsp3) is 0.538. The molecule has 6 nitrogen and oxygen atoms in total. The molecule has 108 valence electrons. The Morgan fingerprint density at radius 1 is 1.40 bits per heavy atom. The topological polar surface area (TPSA) is 73.6 Å². The monoisotopic (exact) mass is 296 g/mol. The molecule has 1 aromatic rings. The Morgan fingerprint density at radius 2 is 2.15 bits per heavy atom. The molecule has 0 saturated carbocycles. The van der Waals surface area contributed by atoms with E-state index in [1.165, 1.54) is 6.07 Å². The molecule has 2 unspecified atom stereocenters. The number of nitro groups is 1. The largest absolute Gasteiger partial charge is 0.454 e. The maximum Gasteiger partial charge on any atom is 0.296 e. The van der Waals surface area contributed by atoms with Crippen molar-refractivity contribution >= 4 is 23.1 Å². The number of benzene rings is 1. The lowest BCUT2D eigenvalue weighted by Gasteiger charge is -2.29. The zero-order chi connectivity index (χ0) is 14.1. The Balaban J connectivity index is 1.89. The molecule has 2 heterocycles. The maximum absolute atomic E-state index is 11.2. The first-order valence-electron chi connectivity index (χ1n) is 6.61. The van der Waals surface area contributed by atoms with Gasteiger partial charge >= 0.3 is 0 Å². The summed E-state index contributed by atoms with van der Waals surface area (Å²) in [6, 6.07) is 3.35. The molecule has 3 rings (SSSR count). The SMILES string of the molecule is CC1SCCCC1Nc1cc2c(cc1[N+](=O)[O-])OCO2. The van der Waals surface area contributed by atoms with E-state index in [9.17, 15) is 10.1 Å². The smallest absolute Gasteiger partial charge is 0.296 e. The van der Waals surface area contributed by atoms with Gasteiger partial charge in [0.25, 0.3) is 5.69 Å². The molecule has 2 aliphatic rings. The highest BCUT2D eigenvalue weighted by atomic mass is 32.2. The summed E-state index contributed by atoms with van der Waals surface area (Å²) in [7, 11) is 0. The molecule has 7 heteroatoms. The minimum absolute atomic E-state index is 0.0389. The number of nitrogens with one attached hydrogen (secondary N) is 1. The van der Waals surface area contributed by atoms with Crippen molar-refractivity contribution in [1.29, 1.82) is 0 Å². The number of ether oxygens (including phenoxy) is 2. The molecule has 0 aliphatic carbocycles. The number of rotatable bonds is 3. The van der Waals surface area contributed by atoms with Crippen molar-refractivity contribution in [2.45, 2.75) is 31.1 Å².